The van der Waals surface area contributed by atoms with Gasteiger partial charge in [0.05, 0.1) is 17.2 Å². The molecule has 2 heterocycles. The molecule has 0 bridgehead atoms. The molecule has 2 aliphatic heterocycles. The molecule has 0 amide bonds. The van der Waals surface area contributed by atoms with Gasteiger partial charge >= 0.3 is 0 Å². The lowest BCUT2D eigenvalue weighted by Gasteiger charge is -2.39. The third-order valence-corrected chi connectivity index (χ3v) is 10.6. The third-order valence-electron chi connectivity index (χ3n) is 6.91. The Morgan fingerprint density at radius 2 is 1.72 bits per heavy atom. The standard InChI is InChI=1S/C26H36N5P/c1-9-31(10-2)32(28-22-16-15-19(3)17-20(22)4)24(18-27-30(32)8)25-26(5,6)21-13-11-12-14-23(21)29(25)7/h11-18H,9-10H2,1-8H3/b25-24-. The second-order valence-electron chi connectivity index (χ2n) is 9.27. The van der Waals surface area contributed by atoms with Crippen LogP contribution < -0.4 is 4.90 Å². The Morgan fingerprint density at radius 1 is 1.03 bits per heavy atom. The van der Waals surface area contributed by atoms with Crippen molar-refractivity contribution in [2.75, 3.05) is 32.1 Å². The van der Waals surface area contributed by atoms with E-state index in [2.05, 4.69) is 119 Å². The second kappa shape index (κ2) is 8.20. The monoisotopic (exact) mass is 449 g/mol. The highest BCUT2D eigenvalue weighted by Crippen LogP contribution is 2.69. The molecule has 0 radical (unpaired) electrons. The first-order valence-electron chi connectivity index (χ1n) is 11.5. The van der Waals surface area contributed by atoms with Crippen molar-refractivity contribution in [2.24, 2.45) is 9.85 Å². The summed E-state index contributed by atoms with van der Waals surface area (Å²) in [6.07, 6.45) is 2.08. The first-order chi connectivity index (χ1) is 15.2. The molecule has 1 unspecified atom stereocenters. The topological polar surface area (TPSA) is 34.4 Å². The van der Waals surface area contributed by atoms with E-state index in [4.69, 9.17) is 9.85 Å². The van der Waals surface area contributed by atoms with E-state index in [0.717, 1.165) is 18.8 Å². The zero-order valence-corrected chi connectivity index (χ0v) is 21.6. The summed E-state index contributed by atoms with van der Waals surface area (Å²) in [4.78, 5) is 2.37. The van der Waals surface area contributed by atoms with Crippen molar-refractivity contribution in [3.63, 3.8) is 0 Å². The normalized spacial score (nSPS) is 23.9. The van der Waals surface area contributed by atoms with E-state index in [1.807, 2.05) is 0 Å². The zero-order chi connectivity index (χ0) is 23.3. The average Bonchev–Trinajstić information content (AvgIpc) is 3.17. The van der Waals surface area contributed by atoms with E-state index in [-0.39, 0.29) is 5.41 Å². The van der Waals surface area contributed by atoms with Crippen LogP contribution in [-0.4, -0.2) is 42.8 Å². The summed E-state index contributed by atoms with van der Waals surface area (Å²) in [7, 11) is 1.98. The number of hydrazone groups is 1. The van der Waals surface area contributed by atoms with Gasteiger partial charge in [0.1, 0.15) is 0 Å². The summed E-state index contributed by atoms with van der Waals surface area (Å²) in [6.45, 7) is 15.3. The molecule has 0 aliphatic carbocycles. The summed E-state index contributed by atoms with van der Waals surface area (Å²) in [5.74, 6) is 0. The van der Waals surface area contributed by atoms with Crippen LogP contribution in [0.25, 0.3) is 0 Å². The average molecular weight is 450 g/mol. The summed E-state index contributed by atoms with van der Waals surface area (Å²) in [6, 6.07) is 15.3. The van der Waals surface area contributed by atoms with Gasteiger partial charge in [0.15, 0.2) is 7.36 Å². The van der Waals surface area contributed by atoms with Crippen LogP contribution >= 0.6 is 7.36 Å². The smallest absolute Gasteiger partial charge is 0.174 e. The molecular weight excluding hydrogens is 413 g/mol. The van der Waals surface area contributed by atoms with E-state index in [9.17, 15) is 0 Å². The third kappa shape index (κ3) is 3.25. The lowest BCUT2D eigenvalue weighted by molar-refractivity contribution is 0.452. The fourth-order valence-corrected chi connectivity index (χ4v) is 9.08. The van der Waals surface area contributed by atoms with E-state index >= 15 is 0 Å². The fraction of sp³-hybridized carbons (Fsp3) is 0.423. The van der Waals surface area contributed by atoms with Crippen LogP contribution in [0, 0.1) is 13.8 Å². The lowest BCUT2D eigenvalue weighted by atomic mass is 9.84. The minimum Gasteiger partial charge on any atom is -0.346 e. The maximum atomic E-state index is 5.60. The van der Waals surface area contributed by atoms with Gasteiger partial charge in [-0.2, -0.15) is 5.10 Å². The molecule has 2 aromatic rings. The van der Waals surface area contributed by atoms with Crippen LogP contribution in [-0.2, 0) is 5.41 Å². The number of anilines is 1. The van der Waals surface area contributed by atoms with E-state index in [1.165, 1.54) is 33.4 Å². The first-order valence-corrected chi connectivity index (χ1v) is 13.1. The SMILES string of the molecule is CCN(CC)P1(=Nc2ccc(C)cc2C)/C(=C2\N(C)c3ccccc3C2(C)C)C=NN1C. The number of aryl methyl sites for hydroxylation is 2. The summed E-state index contributed by atoms with van der Waals surface area (Å²) < 4.78 is 10.3. The minimum atomic E-state index is -2.31. The quantitative estimate of drug-likeness (QED) is 0.477. The van der Waals surface area contributed by atoms with Gasteiger partial charge < -0.3 is 4.90 Å². The van der Waals surface area contributed by atoms with Gasteiger partial charge in [-0.3, -0.25) is 0 Å². The molecule has 32 heavy (non-hydrogen) atoms. The summed E-state index contributed by atoms with van der Waals surface area (Å²) in [5.41, 5.74) is 7.34. The molecule has 5 nitrogen and oxygen atoms in total. The Morgan fingerprint density at radius 3 is 2.34 bits per heavy atom. The Hall–Kier alpha value is -2.36. The van der Waals surface area contributed by atoms with Crippen molar-refractivity contribution in [2.45, 2.75) is 47.0 Å². The number of benzene rings is 2. The number of para-hydroxylation sites is 1. The number of allylic oxidation sites excluding steroid dienone is 2. The molecule has 0 N–H and O–H groups in total. The Balaban J connectivity index is 2.08. The van der Waals surface area contributed by atoms with Crippen molar-refractivity contribution in [1.82, 2.24) is 9.45 Å². The van der Waals surface area contributed by atoms with Crippen LogP contribution in [0.3, 0.4) is 0 Å². The molecule has 170 valence electrons. The molecule has 6 heteroatoms. The predicted molar refractivity (Wildman–Crippen MR) is 139 cm³/mol. The highest BCUT2D eigenvalue weighted by molar-refractivity contribution is 7.67. The Kier molecular flexibility index (Phi) is 5.85. The summed E-state index contributed by atoms with van der Waals surface area (Å²) in [5, 5.41) is 6.13. The molecule has 1 atom stereocenters. The Bertz CT molecular complexity index is 1160. The van der Waals surface area contributed by atoms with Crippen LogP contribution in [0.2, 0.25) is 0 Å². The number of hydrogen-bond donors (Lipinski definition) is 0. The molecular formula is C26H36N5P. The molecule has 0 fully saturated rings. The Labute approximate surface area is 193 Å². The minimum absolute atomic E-state index is 0.131. The maximum Gasteiger partial charge on any atom is 0.174 e. The molecule has 0 saturated heterocycles. The maximum absolute atomic E-state index is 5.60. The van der Waals surface area contributed by atoms with Crippen molar-refractivity contribution in [1.29, 1.82) is 0 Å². The first kappa shape index (κ1) is 22.8. The van der Waals surface area contributed by atoms with Gasteiger partial charge in [-0.25, -0.2) is 14.2 Å². The van der Waals surface area contributed by atoms with Crippen molar-refractivity contribution < 1.29 is 0 Å². The predicted octanol–water partition coefficient (Wildman–Crippen LogP) is 6.88. The lowest BCUT2D eigenvalue weighted by Crippen LogP contribution is -2.30. The number of nitrogens with zero attached hydrogens (tertiary/aromatic N) is 5. The van der Waals surface area contributed by atoms with Gasteiger partial charge in [0.2, 0.25) is 0 Å². The van der Waals surface area contributed by atoms with Crippen molar-refractivity contribution in [3.05, 3.63) is 70.2 Å². The van der Waals surface area contributed by atoms with Gasteiger partial charge in [0, 0.05) is 44.0 Å². The highest BCUT2D eigenvalue weighted by Gasteiger charge is 2.47. The van der Waals surface area contributed by atoms with Crippen molar-refractivity contribution in [3.8, 4) is 0 Å². The van der Waals surface area contributed by atoms with E-state index in [0.29, 0.717) is 0 Å². The van der Waals surface area contributed by atoms with Gasteiger partial charge in [-0.05, 0) is 37.1 Å². The van der Waals surface area contributed by atoms with E-state index in [1.54, 1.807) is 0 Å². The molecule has 2 aliphatic rings. The fourth-order valence-electron chi connectivity index (χ4n) is 5.30. The molecule has 0 aromatic heterocycles. The van der Waals surface area contributed by atoms with Gasteiger partial charge in [-0.15, -0.1) is 0 Å². The molecule has 0 saturated carbocycles. The number of rotatable bonds is 4. The van der Waals surface area contributed by atoms with E-state index < -0.39 is 7.36 Å². The van der Waals surface area contributed by atoms with Crippen LogP contribution in [0.5, 0.6) is 0 Å². The van der Waals surface area contributed by atoms with Crippen molar-refractivity contribution >= 4 is 24.9 Å². The second-order valence-corrected chi connectivity index (χ2v) is 12.2. The summed E-state index contributed by atoms with van der Waals surface area (Å²) >= 11 is 0. The largest absolute Gasteiger partial charge is 0.346 e. The molecule has 4 rings (SSSR count). The van der Waals surface area contributed by atoms with Crippen LogP contribution in [0.4, 0.5) is 11.4 Å². The number of hydrogen-bond acceptors (Lipinski definition) is 3. The van der Waals surface area contributed by atoms with Crippen LogP contribution in [0.15, 0.2) is 63.3 Å². The molecule has 0 spiro atoms. The van der Waals surface area contributed by atoms with Gasteiger partial charge in [0.25, 0.3) is 0 Å². The molecule has 2 aromatic carbocycles. The zero-order valence-electron chi connectivity index (χ0n) is 20.7. The van der Waals surface area contributed by atoms with Crippen LogP contribution in [0.1, 0.15) is 44.4 Å². The number of likely N-dealkylation sites (N-methyl/N-ethyl adjacent to an activating group) is 1. The van der Waals surface area contributed by atoms with Gasteiger partial charge in [-0.1, -0.05) is 63.6 Å². The highest BCUT2D eigenvalue weighted by atomic mass is 31.2. The number of fused-ring (bicyclic) bond motifs is 1.